The first-order valence-corrected chi connectivity index (χ1v) is 5.16. The van der Waals surface area contributed by atoms with Crippen LogP contribution in [-0.2, 0) is 4.79 Å². The number of hydrogen-bond donors (Lipinski definition) is 1. The molecule has 0 spiro atoms. The van der Waals surface area contributed by atoms with E-state index in [2.05, 4.69) is 0 Å². The average molecular weight is 182 g/mol. The lowest BCUT2D eigenvalue weighted by Gasteiger charge is -2.11. The number of aliphatic hydroxyl groups is 1. The first kappa shape index (κ1) is 10.5. The minimum absolute atomic E-state index is 0.143. The molecule has 1 saturated carbocycles. The molecule has 0 heterocycles. The van der Waals surface area contributed by atoms with Crippen LogP contribution in [0.4, 0.5) is 0 Å². The third-order valence-electron chi connectivity index (χ3n) is 2.52. The predicted octanol–water partition coefficient (Wildman–Crippen LogP) is 2.22. The van der Waals surface area contributed by atoms with Crippen LogP contribution in [0.5, 0.6) is 0 Å². The largest absolute Gasteiger partial charge is 0.388 e. The Morgan fingerprint density at radius 3 is 2.23 bits per heavy atom. The van der Waals surface area contributed by atoms with Gasteiger partial charge in [-0.1, -0.05) is 24.8 Å². The van der Waals surface area contributed by atoms with Crippen LogP contribution in [-0.4, -0.2) is 17.5 Å². The van der Waals surface area contributed by atoms with E-state index in [0.717, 1.165) is 12.8 Å². The van der Waals surface area contributed by atoms with Gasteiger partial charge in [-0.25, -0.2) is 0 Å². The Balaban J connectivity index is 2.45. The monoisotopic (exact) mass is 182 g/mol. The number of carbonyl (C=O) groups excluding carboxylic acids is 1. The first-order valence-electron chi connectivity index (χ1n) is 5.16. The average Bonchev–Trinajstić information content (AvgIpc) is 2.09. The van der Waals surface area contributed by atoms with Gasteiger partial charge in [0.05, 0.1) is 0 Å². The number of hydrogen-bond acceptors (Lipinski definition) is 2. The Bertz CT molecular complexity index is 184. The van der Waals surface area contributed by atoms with E-state index < -0.39 is 0 Å². The molecule has 0 radical (unpaired) electrons. The fraction of sp³-hybridized carbons (Fsp3) is 0.727. The lowest BCUT2D eigenvalue weighted by Crippen LogP contribution is -2.02. The Labute approximate surface area is 79.6 Å². The molecule has 1 rings (SSSR count). The molecule has 0 aromatic heterocycles. The molecule has 0 unspecified atom stereocenters. The summed E-state index contributed by atoms with van der Waals surface area (Å²) >= 11 is 0. The second kappa shape index (κ2) is 5.92. The van der Waals surface area contributed by atoms with Crippen LogP contribution < -0.4 is 0 Å². The maximum Gasteiger partial charge on any atom is 0.180 e. The van der Waals surface area contributed by atoms with Crippen LogP contribution in [0.3, 0.4) is 0 Å². The number of allylic oxidation sites excluding steroid dienone is 1. The van der Waals surface area contributed by atoms with Crippen molar-refractivity contribution in [1.29, 1.82) is 0 Å². The third kappa shape index (κ3) is 4.23. The number of ketones is 1. The summed E-state index contributed by atoms with van der Waals surface area (Å²) in [5.41, 5.74) is 1.23. The van der Waals surface area contributed by atoms with Crippen LogP contribution in [0.15, 0.2) is 11.6 Å². The van der Waals surface area contributed by atoms with Crippen molar-refractivity contribution in [1.82, 2.24) is 0 Å². The molecular weight excluding hydrogens is 164 g/mol. The van der Waals surface area contributed by atoms with Gasteiger partial charge in [0.15, 0.2) is 5.78 Å². The number of carbonyl (C=O) groups is 1. The second-order valence-corrected chi connectivity index (χ2v) is 3.69. The van der Waals surface area contributed by atoms with E-state index >= 15 is 0 Å². The van der Waals surface area contributed by atoms with Crippen molar-refractivity contribution in [2.75, 3.05) is 6.61 Å². The number of aliphatic hydroxyl groups excluding tert-OH is 1. The zero-order chi connectivity index (χ0) is 9.52. The van der Waals surface area contributed by atoms with Crippen molar-refractivity contribution in [3.63, 3.8) is 0 Å². The lowest BCUT2D eigenvalue weighted by molar-refractivity contribution is -0.117. The van der Waals surface area contributed by atoms with E-state index in [4.69, 9.17) is 5.11 Å². The molecule has 1 N–H and O–H groups in total. The van der Waals surface area contributed by atoms with E-state index in [1.807, 2.05) is 0 Å². The highest BCUT2D eigenvalue weighted by atomic mass is 16.3. The van der Waals surface area contributed by atoms with Gasteiger partial charge in [-0.3, -0.25) is 4.79 Å². The predicted molar refractivity (Wildman–Crippen MR) is 52.5 cm³/mol. The Kier molecular flexibility index (Phi) is 4.76. The molecule has 74 valence electrons. The highest BCUT2D eigenvalue weighted by Crippen LogP contribution is 2.21. The summed E-state index contributed by atoms with van der Waals surface area (Å²) in [4.78, 5) is 11.0. The molecule has 1 aliphatic carbocycles. The number of rotatable bonds is 2. The van der Waals surface area contributed by atoms with Crippen LogP contribution in [0.25, 0.3) is 0 Å². The summed E-state index contributed by atoms with van der Waals surface area (Å²) in [5.74, 6) is -0.143. The van der Waals surface area contributed by atoms with Crippen LogP contribution in [0.1, 0.15) is 44.9 Å². The zero-order valence-corrected chi connectivity index (χ0v) is 8.09. The molecule has 0 aromatic carbocycles. The topological polar surface area (TPSA) is 37.3 Å². The van der Waals surface area contributed by atoms with Gasteiger partial charge in [0.1, 0.15) is 6.61 Å². The molecule has 0 amide bonds. The van der Waals surface area contributed by atoms with Crippen molar-refractivity contribution >= 4 is 5.78 Å². The molecular formula is C11H18O2. The first-order chi connectivity index (χ1) is 6.33. The van der Waals surface area contributed by atoms with Crippen molar-refractivity contribution in [2.24, 2.45) is 0 Å². The highest BCUT2D eigenvalue weighted by Gasteiger charge is 2.04. The second-order valence-electron chi connectivity index (χ2n) is 3.69. The fourth-order valence-electron chi connectivity index (χ4n) is 1.78. The smallest absolute Gasteiger partial charge is 0.180 e. The lowest BCUT2D eigenvalue weighted by atomic mass is 9.95. The summed E-state index contributed by atoms with van der Waals surface area (Å²) in [6.07, 6.45) is 10.0. The van der Waals surface area contributed by atoms with Crippen molar-refractivity contribution in [3.8, 4) is 0 Å². The van der Waals surface area contributed by atoms with E-state index in [1.165, 1.54) is 37.7 Å². The summed E-state index contributed by atoms with van der Waals surface area (Å²) in [6, 6.07) is 0. The zero-order valence-electron chi connectivity index (χ0n) is 8.09. The van der Waals surface area contributed by atoms with E-state index in [-0.39, 0.29) is 12.4 Å². The highest BCUT2D eigenvalue weighted by molar-refractivity contribution is 5.91. The molecule has 0 bridgehead atoms. The maximum atomic E-state index is 11.0. The molecule has 0 aromatic rings. The van der Waals surface area contributed by atoms with Gasteiger partial charge in [-0.15, -0.1) is 0 Å². The van der Waals surface area contributed by atoms with Crippen molar-refractivity contribution in [2.45, 2.75) is 44.9 Å². The van der Waals surface area contributed by atoms with Gasteiger partial charge in [0, 0.05) is 0 Å². The third-order valence-corrected chi connectivity index (χ3v) is 2.52. The van der Waals surface area contributed by atoms with Crippen LogP contribution >= 0.6 is 0 Å². The van der Waals surface area contributed by atoms with E-state index in [0.29, 0.717) is 0 Å². The molecule has 1 fully saturated rings. The summed E-state index contributed by atoms with van der Waals surface area (Å²) in [7, 11) is 0. The van der Waals surface area contributed by atoms with Gasteiger partial charge in [-0.05, 0) is 31.8 Å². The minimum Gasteiger partial charge on any atom is -0.388 e. The summed E-state index contributed by atoms with van der Waals surface area (Å²) < 4.78 is 0. The van der Waals surface area contributed by atoms with Gasteiger partial charge < -0.3 is 5.11 Å². The fourth-order valence-corrected chi connectivity index (χ4v) is 1.78. The molecule has 0 atom stereocenters. The van der Waals surface area contributed by atoms with Gasteiger partial charge in [0.2, 0.25) is 0 Å². The van der Waals surface area contributed by atoms with Gasteiger partial charge in [-0.2, -0.15) is 0 Å². The molecule has 1 aliphatic rings. The Morgan fingerprint density at radius 2 is 1.69 bits per heavy atom. The maximum absolute atomic E-state index is 11.0. The van der Waals surface area contributed by atoms with Crippen LogP contribution in [0, 0.1) is 0 Å². The molecule has 13 heavy (non-hydrogen) atoms. The summed E-state index contributed by atoms with van der Waals surface area (Å²) in [5, 5.41) is 8.60. The van der Waals surface area contributed by atoms with Crippen LogP contribution in [0.2, 0.25) is 0 Å². The normalized spacial score (nSPS) is 19.0. The summed E-state index contributed by atoms with van der Waals surface area (Å²) in [6.45, 7) is -0.344. The van der Waals surface area contributed by atoms with E-state index in [9.17, 15) is 4.79 Å². The van der Waals surface area contributed by atoms with Gasteiger partial charge in [0.25, 0.3) is 0 Å². The Morgan fingerprint density at radius 1 is 1.15 bits per heavy atom. The molecule has 2 heteroatoms. The SMILES string of the molecule is O=C(C=C1CCCCCCC1)CO. The quantitative estimate of drug-likeness (QED) is 0.665. The molecule has 2 nitrogen and oxygen atoms in total. The molecule has 0 saturated heterocycles. The van der Waals surface area contributed by atoms with Crippen molar-refractivity contribution < 1.29 is 9.90 Å². The Hall–Kier alpha value is -0.630. The van der Waals surface area contributed by atoms with E-state index in [1.54, 1.807) is 6.08 Å². The standard InChI is InChI=1S/C11H18O2/c12-9-11(13)8-10-6-4-2-1-3-5-7-10/h8,12H,1-7,9H2. The van der Waals surface area contributed by atoms with Crippen molar-refractivity contribution in [3.05, 3.63) is 11.6 Å². The molecule has 0 aliphatic heterocycles. The van der Waals surface area contributed by atoms with Gasteiger partial charge >= 0.3 is 0 Å². The minimum atomic E-state index is -0.344.